The minimum Gasteiger partial charge on any atom is -0.494 e. The van der Waals surface area contributed by atoms with E-state index in [4.69, 9.17) is 14.2 Å². The molecule has 1 atom stereocenters. The second-order valence-electron chi connectivity index (χ2n) is 6.21. The summed E-state index contributed by atoms with van der Waals surface area (Å²) >= 11 is 1.30. The summed E-state index contributed by atoms with van der Waals surface area (Å²) < 4.78 is 16.0. The number of nitrogens with one attached hydrogen (secondary N) is 1. The second-order valence-corrected chi connectivity index (χ2v) is 7.09. The number of anilines is 1. The molecule has 1 unspecified atom stereocenters. The first-order valence-corrected chi connectivity index (χ1v) is 9.87. The van der Waals surface area contributed by atoms with Crippen molar-refractivity contribution in [1.82, 2.24) is 0 Å². The van der Waals surface area contributed by atoms with Crippen LogP contribution in [0.15, 0.2) is 29.6 Å². The van der Waals surface area contributed by atoms with E-state index in [1.165, 1.54) is 18.4 Å². The number of rotatable bonds is 7. The third-order valence-electron chi connectivity index (χ3n) is 4.28. The minimum atomic E-state index is -0.486. The van der Waals surface area contributed by atoms with Gasteiger partial charge < -0.3 is 19.5 Å². The number of carbonyl (C=O) groups excluding carboxylic acids is 2. The molecule has 2 aromatic rings. The van der Waals surface area contributed by atoms with Gasteiger partial charge in [0.05, 0.1) is 13.7 Å². The molecular formula is C20H23NO5S. The van der Waals surface area contributed by atoms with Gasteiger partial charge in [0, 0.05) is 17.6 Å². The van der Waals surface area contributed by atoms with Gasteiger partial charge in [-0.15, -0.1) is 11.3 Å². The molecule has 1 saturated heterocycles. The maximum Gasteiger partial charge on any atom is 0.341 e. The van der Waals surface area contributed by atoms with Gasteiger partial charge in [-0.25, -0.2) is 4.79 Å². The lowest BCUT2D eigenvalue weighted by Crippen LogP contribution is -2.27. The van der Waals surface area contributed by atoms with Crippen LogP contribution in [0.5, 0.6) is 5.75 Å². The Morgan fingerprint density at radius 1 is 1.30 bits per heavy atom. The van der Waals surface area contributed by atoms with Crippen LogP contribution in [0.2, 0.25) is 0 Å². The summed E-state index contributed by atoms with van der Waals surface area (Å²) in [4.78, 5) is 24.7. The van der Waals surface area contributed by atoms with E-state index < -0.39 is 12.1 Å². The highest BCUT2D eigenvalue weighted by atomic mass is 32.1. The summed E-state index contributed by atoms with van der Waals surface area (Å²) in [6, 6.07) is 7.53. The highest BCUT2D eigenvalue weighted by Crippen LogP contribution is 2.37. The molecule has 144 valence electrons. The Labute approximate surface area is 162 Å². The Kier molecular flexibility index (Phi) is 6.47. The van der Waals surface area contributed by atoms with Crippen molar-refractivity contribution in [1.29, 1.82) is 0 Å². The van der Waals surface area contributed by atoms with E-state index in [9.17, 15) is 9.59 Å². The lowest BCUT2D eigenvalue weighted by atomic mass is 10.0. The first-order chi connectivity index (χ1) is 13.1. The van der Waals surface area contributed by atoms with Crippen LogP contribution in [0.25, 0.3) is 11.1 Å². The van der Waals surface area contributed by atoms with E-state index in [0.717, 1.165) is 29.7 Å². The van der Waals surface area contributed by atoms with Crippen molar-refractivity contribution >= 4 is 28.2 Å². The first-order valence-electron chi connectivity index (χ1n) is 8.99. The van der Waals surface area contributed by atoms with Gasteiger partial charge in [0.25, 0.3) is 5.91 Å². The van der Waals surface area contributed by atoms with Gasteiger partial charge >= 0.3 is 5.97 Å². The molecule has 1 aromatic heterocycles. The molecule has 3 rings (SSSR count). The van der Waals surface area contributed by atoms with Crippen LogP contribution >= 0.6 is 11.3 Å². The predicted octanol–water partition coefficient (Wildman–Crippen LogP) is 4.11. The lowest BCUT2D eigenvalue weighted by molar-refractivity contribution is -0.124. The lowest BCUT2D eigenvalue weighted by Gasteiger charge is -2.11. The van der Waals surface area contributed by atoms with Crippen LogP contribution in [0, 0.1) is 0 Å². The summed E-state index contributed by atoms with van der Waals surface area (Å²) in [5.74, 6) is 0.0666. The number of methoxy groups -OCH3 is 1. The molecule has 1 N–H and O–H groups in total. The molecule has 2 heterocycles. The van der Waals surface area contributed by atoms with Crippen molar-refractivity contribution in [2.75, 3.05) is 25.6 Å². The molecule has 1 aliphatic heterocycles. The van der Waals surface area contributed by atoms with Crippen LogP contribution in [0.1, 0.15) is 36.5 Å². The first kappa shape index (κ1) is 19.4. The Morgan fingerprint density at radius 3 is 2.70 bits per heavy atom. The Bertz CT molecular complexity index is 793. The van der Waals surface area contributed by atoms with Crippen LogP contribution in [-0.2, 0) is 14.3 Å². The molecule has 1 aromatic carbocycles. The number of amides is 1. The fourth-order valence-corrected chi connectivity index (χ4v) is 3.85. The van der Waals surface area contributed by atoms with Gasteiger partial charge in [-0.05, 0) is 37.0 Å². The summed E-state index contributed by atoms with van der Waals surface area (Å²) in [7, 11) is 1.33. The molecule has 1 fully saturated rings. The summed E-state index contributed by atoms with van der Waals surface area (Å²) in [5, 5.41) is 5.15. The molecular weight excluding hydrogens is 366 g/mol. The van der Waals surface area contributed by atoms with E-state index in [1.807, 2.05) is 29.6 Å². The average Bonchev–Trinajstić information content (AvgIpc) is 3.36. The van der Waals surface area contributed by atoms with Gasteiger partial charge in [-0.2, -0.15) is 0 Å². The molecule has 6 nitrogen and oxygen atoms in total. The van der Waals surface area contributed by atoms with Gasteiger partial charge in [-0.1, -0.05) is 19.1 Å². The van der Waals surface area contributed by atoms with Crippen molar-refractivity contribution < 1.29 is 23.8 Å². The van der Waals surface area contributed by atoms with E-state index in [-0.39, 0.29) is 5.91 Å². The Balaban J connectivity index is 1.85. The van der Waals surface area contributed by atoms with E-state index in [2.05, 4.69) is 12.2 Å². The molecule has 0 bridgehead atoms. The molecule has 0 saturated carbocycles. The third kappa shape index (κ3) is 4.48. The molecule has 0 radical (unpaired) electrons. The summed E-state index contributed by atoms with van der Waals surface area (Å²) in [6.45, 7) is 3.30. The van der Waals surface area contributed by atoms with Gasteiger partial charge in [0.1, 0.15) is 22.4 Å². The Morgan fingerprint density at radius 2 is 2.07 bits per heavy atom. The number of hydrogen-bond acceptors (Lipinski definition) is 6. The van der Waals surface area contributed by atoms with Gasteiger partial charge in [0.15, 0.2) is 0 Å². The fraction of sp³-hybridized carbons (Fsp3) is 0.400. The number of esters is 1. The normalized spacial score (nSPS) is 16.1. The molecule has 27 heavy (non-hydrogen) atoms. The highest BCUT2D eigenvalue weighted by molar-refractivity contribution is 7.15. The van der Waals surface area contributed by atoms with Crippen molar-refractivity contribution in [3.05, 3.63) is 35.2 Å². The number of ether oxygens (including phenoxy) is 3. The monoisotopic (exact) mass is 389 g/mol. The van der Waals surface area contributed by atoms with Gasteiger partial charge in [-0.3, -0.25) is 4.79 Å². The smallest absolute Gasteiger partial charge is 0.341 e. The van der Waals surface area contributed by atoms with Crippen molar-refractivity contribution in [3.63, 3.8) is 0 Å². The quantitative estimate of drug-likeness (QED) is 0.722. The molecule has 0 spiro atoms. The number of thiophene rings is 1. The van der Waals surface area contributed by atoms with Crippen LogP contribution < -0.4 is 10.1 Å². The second kappa shape index (κ2) is 9.01. The predicted molar refractivity (Wildman–Crippen MR) is 104 cm³/mol. The van der Waals surface area contributed by atoms with Crippen LogP contribution in [-0.4, -0.2) is 38.3 Å². The van der Waals surface area contributed by atoms with E-state index in [0.29, 0.717) is 30.2 Å². The zero-order valence-electron chi connectivity index (χ0n) is 15.4. The minimum absolute atomic E-state index is 0.227. The van der Waals surface area contributed by atoms with E-state index in [1.54, 1.807) is 0 Å². The fourth-order valence-electron chi connectivity index (χ4n) is 2.89. The van der Waals surface area contributed by atoms with Crippen molar-refractivity contribution in [3.8, 4) is 16.9 Å². The Hall–Kier alpha value is -2.38. The SMILES string of the molecule is CCCOc1ccc(-c2csc(NC(=O)C3CCCO3)c2C(=O)OC)cc1. The molecule has 7 heteroatoms. The summed E-state index contributed by atoms with van der Waals surface area (Å²) in [6.07, 6.45) is 2.03. The maximum atomic E-state index is 12.4. The van der Waals surface area contributed by atoms with Crippen molar-refractivity contribution in [2.24, 2.45) is 0 Å². The van der Waals surface area contributed by atoms with Crippen LogP contribution in [0.4, 0.5) is 5.00 Å². The average molecular weight is 389 g/mol. The zero-order chi connectivity index (χ0) is 19.2. The summed E-state index contributed by atoms with van der Waals surface area (Å²) in [5.41, 5.74) is 1.93. The topological polar surface area (TPSA) is 73.9 Å². The molecule has 1 amide bonds. The standard InChI is InChI=1S/C20H23NO5S/c1-3-10-25-14-8-6-13(7-9-14)15-12-27-19(17(15)20(23)24-2)21-18(22)16-5-4-11-26-16/h6-9,12,16H,3-5,10-11H2,1-2H3,(H,21,22). The maximum absolute atomic E-state index is 12.4. The number of hydrogen-bond donors (Lipinski definition) is 1. The third-order valence-corrected chi connectivity index (χ3v) is 5.17. The van der Waals surface area contributed by atoms with Crippen molar-refractivity contribution in [2.45, 2.75) is 32.3 Å². The van der Waals surface area contributed by atoms with Gasteiger partial charge in [0.2, 0.25) is 0 Å². The molecule has 1 aliphatic rings. The van der Waals surface area contributed by atoms with Crippen LogP contribution in [0.3, 0.4) is 0 Å². The number of benzene rings is 1. The highest BCUT2D eigenvalue weighted by Gasteiger charge is 2.27. The number of carbonyl (C=O) groups is 2. The zero-order valence-corrected chi connectivity index (χ0v) is 16.3. The largest absolute Gasteiger partial charge is 0.494 e. The molecule has 0 aliphatic carbocycles. The van der Waals surface area contributed by atoms with E-state index >= 15 is 0 Å².